The number of methoxy groups -OCH3 is 1. The van der Waals surface area contributed by atoms with Crippen LogP contribution < -0.4 is 15.4 Å². The minimum Gasteiger partial charge on any atom is -0.497 e. The van der Waals surface area contributed by atoms with Crippen LogP contribution in [0.25, 0.3) is 0 Å². The van der Waals surface area contributed by atoms with Gasteiger partial charge in [-0.1, -0.05) is 31.4 Å². The maximum Gasteiger partial charge on any atom is 0.274 e. The molecule has 0 saturated heterocycles. The van der Waals surface area contributed by atoms with Crippen molar-refractivity contribution in [2.75, 3.05) is 7.11 Å². The average Bonchev–Trinajstić information content (AvgIpc) is 3.60. The van der Waals surface area contributed by atoms with Gasteiger partial charge in [-0.3, -0.25) is 14.4 Å². The normalized spacial score (nSPS) is 22.5. The molecule has 1 unspecified atom stereocenters. The highest BCUT2D eigenvalue weighted by atomic mass is 16.5. The Morgan fingerprint density at radius 3 is 2.49 bits per heavy atom. The molecule has 2 N–H and O–H groups in total. The predicted molar refractivity (Wildman–Crippen MR) is 129 cm³/mol. The van der Waals surface area contributed by atoms with Gasteiger partial charge in [0, 0.05) is 18.6 Å². The Kier molecular flexibility index (Phi) is 6.25. The van der Waals surface area contributed by atoms with E-state index in [0.29, 0.717) is 6.54 Å². The van der Waals surface area contributed by atoms with Crippen molar-refractivity contribution in [2.24, 2.45) is 0 Å². The van der Waals surface area contributed by atoms with Gasteiger partial charge in [-0.25, -0.2) is 4.98 Å². The summed E-state index contributed by atoms with van der Waals surface area (Å²) in [7, 11) is 1.61. The second kappa shape index (κ2) is 9.36. The first kappa shape index (κ1) is 23.4. The summed E-state index contributed by atoms with van der Waals surface area (Å²) in [6.45, 7) is 2.40. The van der Waals surface area contributed by atoms with Gasteiger partial charge in [-0.15, -0.1) is 0 Å². The van der Waals surface area contributed by atoms with Crippen LogP contribution in [0.2, 0.25) is 0 Å². The number of ether oxygens (including phenoxy) is 1. The van der Waals surface area contributed by atoms with Crippen molar-refractivity contribution in [3.8, 4) is 5.75 Å². The molecular weight excluding hydrogens is 446 g/mol. The Morgan fingerprint density at radius 1 is 1.11 bits per heavy atom. The number of benzene rings is 1. The smallest absolute Gasteiger partial charge is 0.274 e. The molecule has 9 nitrogen and oxygen atoms in total. The summed E-state index contributed by atoms with van der Waals surface area (Å²) < 4.78 is 6.86. The van der Waals surface area contributed by atoms with Crippen LogP contribution in [0.1, 0.15) is 78.4 Å². The predicted octanol–water partition coefficient (Wildman–Crippen LogP) is 2.65. The summed E-state index contributed by atoms with van der Waals surface area (Å²) in [5.74, 6) is -0.0728. The molecular formula is C26H33N5O4. The van der Waals surface area contributed by atoms with Gasteiger partial charge in [0.15, 0.2) is 5.69 Å². The molecule has 35 heavy (non-hydrogen) atoms. The van der Waals surface area contributed by atoms with E-state index >= 15 is 0 Å². The fraction of sp³-hybridized carbons (Fsp3) is 0.538. The van der Waals surface area contributed by atoms with Crippen LogP contribution >= 0.6 is 0 Å². The molecule has 2 fully saturated rings. The number of rotatable bonds is 7. The van der Waals surface area contributed by atoms with Gasteiger partial charge >= 0.3 is 0 Å². The number of nitrogens with one attached hydrogen (secondary N) is 2. The number of aromatic nitrogens is 2. The van der Waals surface area contributed by atoms with Crippen LogP contribution in [0.15, 0.2) is 30.6 Å². The lowest BCUT2D eigenvalue weighted by atomic mass is 9.93. The summed E-state index contributed by atoms with van der Waals surface area (Å²) >= 11 is 0. The highest BCUT2D eigenvalue weighted by molar-refractivity contribution is 6.07. The van der Waals surface area contributed by atoms with E-state index < -0.39 is 5.54 Å². The first-order valence-corrected chi connectivity index (χ1v) is 12.5. The highest BCUT2D eigenvalue weighted by Crippen LogP contribution is 2.39. The third kappa shape index (κ3) is 4.51. The van der Waals surface area contributed by atoms with Gasteiger partial charge in [0.2, 0.25) is 5.91 Å². The molecule has 3 amide bonds. The van der Waals surface area contributed by atoms with E-state index in [-0.39, 0.29) is 47.7 Å². The summed E-state index contributed by atoms with van der Waals surface area (Å²) in [6.07, 6.45) is 8.53. The lowest BCUT2D eigenvalue weighted by Gasteiger charge is -2.44. The molecule has 0 spiro atoms. The third-order valence-corrected chi connectivity index (χ3v) is 7.44. The van der Waals surface area contributed by atoms with Crippen molar-refractivity contribution < 1.29 is 19.1 Å². The molecule has 1 aliphatic heterocycles. The molecule has 2 aliphatic carbocycles. The summed E-state index contributed by atoms with van der Waals surface area (Å²) in [4.78, 5) is 46.3. The summed E-state index contributed by atoms with van der Waals surface area (Å²) in [6, 6.07) is 7.62. The van der Waals surface area contributed by atoms with Crippen molar-refractivity contribution in [2.45, 2.75) is 82.6 Å². The topological polar surface area (TPSA) is 106 Å². The van der Waals surface area contributed by atoms with Crippen molar-refractivity contribution in [1.82, 2.24) is 25.1 Å². The van der Waals surface area contributed by atoms with Crippen LogP contribution in [-0.4, -0.2) is 56.9 Å². The van der Waals surface area contributed by atoms with E-state index in [4.69, 9.17) is 4.74 Å². The second-order valence-corrected chi connectivity index (χ2v) is 10.1. The SMILES string of the molecule is COc1ccc(CNC(=O)C2(C)Cn3cnc(C(=O)NC4CCCCC4)c3C(=O)N2C2CC2)cc1. The Hall–Kier alpha value is -3.36. The molecule has 2 saturated carbocycles. The monoisotopic (exact) mass is 479 g/mol. The quantitative estimate of drug-likeness (QED) is 0.635. The Bertz CT molecular complexity index is 1120. The molecule has 0 radical (unpaired) electrons. The van der Waals surface area contributed by atoms with Crippen LogP contribution in [0.4, 0.5) is 0 Å². The van der Waals surface area contributed by atoms with E-state index in [0.717, 1.165) is 49.8 Å². The molecule has 0 bridgehead atoms. The summed E-state index contributed by atoms with van der Waals surface area (Å²) in [5, 5.41) is 6.08. The van der Waals surface area contributed by atoms with Crippen molar-refractivity contribution >= 4 is 17.7 Å². The zero-order chi connectivity index (χ0) is 24.6. The number of carbonyl (C=O) groups is 3. The molecule has 5 rings (SSSR count). The molecule has 2 heterocycles. The van der Waals surface area contributed by atoms with Crippen molar-refractivity contribution in [1.29, 1.82) is 0 Å². The Labute approximate surface area is 205 Å². The van der Waals surface area contributed by atoms with Crippen LogP contribution in [-0.2, 0) is 17.9 Å². The van der Waals surface area contributed by atoms with Gasteiger partial charge in [0.25, 0.3) is 11.8 Å². The number of imidazole rings is 1. The van der Waals surface area contributed by atoms with E-state index in [9.17, 15) is 14.4 Å². The van der Waals surface area contributed by atoms with Crippen LogP contribution in [0.3, 0.4) is 0 Å². The molecule has 1 atom stereocenters. The van der Waals surface area contributed by atoms with Crippen LogP contribution in [0, 0.1) is 0 Å². The Balaban J connectivity index is 1.35. The van der Waals surface area contributed by atoms with E-state index in [1.165, 1.54) is 12.7 Å². The van der Waals surface area contributed by atoms with Crippen molar-refractivity contribution in [3.05, 3.63) is 47.5 Å². The van der Waals surface area contributed by atoms with E-state index in [1.807, 2.05) is 24.3 Å². The fourth-order valence-electron chi connectivity index (χ4n) is 5.34. The van der Waals surface area contributed by atoms with E-state index in [1.54, 1.807) is 23.5 Å². The van der Waals surface area contributed by atoms with Gasteiger partial charge in [-0.05, 0) is 50.3 Å². The zero-order valence-electron chi connectivity index (χ0n) is 20.4. The molecule has 1 aromatic carbocycles. The molecule has 2 aromatic rings. The molecule has 186 valence electrons. The number of amides is 3. The van der Waals surface area contributed by atoms with Gasteiger partial charge < -0.3 is 24.8 Å². The number of nitrogens with zero attached hydrogens (tertiary/aromatic N) is 3. The molecule has 3 aliphatic rings. The minimum atomic E-state index is -1.07. The number of carbonyl (C=O) groups excluding carboxylic acids is 3. The van der Waals surface area contributed by atoms with Gasteiger partial charge in [0.05, 0.1) is 20.0 Å². The first-order valence-electron chi connectivity index (χ1n) is 12.5. The Morgan fingerprint density at radius 2 is 1.83 bits per heavy atom. The van der Waals surface area contributed by atoms with E-state index in [2.05, 4.69) is 15.6 Å². The minimum absolute atomic E-state index is 0.00265. The molecule has 9 heteroatoms. The number of hydrogen-bond donors (Lipinski definition) is 2. The van der Waals surface area contributed by atoms with Crippen LogP contribution in [0.5, 0.6) is 5.75 Å². The highest BCUT2D eigenvalue weighted by Gasteiger charge is 2.53. The summed E-state index contributed by atoms with van der Waals surface area (Å²) in [5.41, 5.74) is 0.306. The lowest BCUT2D eigenvalue weighted by molar-refractivity contribution is -0.133. The van der Waals surface area contributed by atoms with Gasteiger partial charge in [-0.2, -0.15) is 0 Å². The maximum absolute atomic E-state index is 13.7. The average molecular weight is 480 g/mol. The zero-order valence-corrected chi connectivity index (χ0v) is 20.4. The first-order chi connectivity index (χ1) is 16.9. The standard InChI is InChI=1S/C26H33N5O4/c1-26(25(34)27-14-17-8-12-20(35-2)13-9-17)15-30-16-28-21(22(30)24(33)31(26)19-10-11-19)23(32)29-18-6-4-3-5-7-18/h8-9,12-13,16,18-19H,3-7,10-11,14-15H2,1-2H3,(H,27,34)(H,29,32). The van der Waals surface area contributed by atoms with Gasteiger partial charge in [0.1, 0.15) is 17.0 Å². The largest absolute Gasteiger partial charge is 0.497 e. The fourth-order valence-corrected chi connectivity index (χ4v) is 5.34. The number of fused-ring (bicyclic) bond motifs is 1. The molecule has 1 aromatic heterocycles. The maximum atomic E-state index is 13.7. The second-order valence-electron chi connectivity index (χ2n) is 10.1. The lowest BCUT2D eigenvalue weighted by Crippen LogP contribution is -2.64. The number of hydrogen-bond acceptors (Lipinski definition) is 5. The van der Waals surface area contributed by atoms with Crippen molar-refractivity contribution in [3.63, 3.8) is 0 Å². The third-order valence-electron chi connectivity index (χ3n) is 7.44.